The first-order valence-electron chi connectivity index (χ1n) is 7.65. The summed E-state index contributed by atoms with van der Waals surface area (Å²) in [4.78, 5) is 14.3. The van der Waals surface area contributed by atoms with E-state index < -0.39 is 0 Å². The summed E-state index contributed by atoms with van der Waals surface area (Å²) in [5.74, 6) is 2.62. The van der Waals surface area contributed by atoms with E-state index in [9.17, 15) is 4.79 Å². The fraction of sp³-hybridized carbons (Fsp3) is 0.933. The van der Waals surface area contributed by atoms with Crippen LogP contribution in [0, 0.1) is 17.8 Å². The van der Waals surface area contributed by atoms with E-state index in [1.165, 1.54) is 19.3 Å². The smallest absolute Gasteiger partial charge is 0.222 e. The molecule has 104 valence electrons. The van der Waals surface area contributed by atoms with Crippen molar-refractivity contribution in [3.05, 3.63) is 0 Å². The molecular formula is C15H28N2O. The molecule has 0 spiro atoms. The van der Waals surface area contributed by atoms with Crippen LogP contribution < -0.4 is 5.32 Å². The third-order valence-corrected chi connectivity index (χ3v) is 4.75. The van der Waals surface area contributed by atoms with Gasteiger partial charge in [-0.05, 0) is 56.5 Å². The summed E-state index contributed by atoms with van der Waals surface area (Å²) in [5, 5.41) is 3.38. The zero-order chi connectivity index (χ0) is 13.0. The molecule has 18 heavy (non-hydrogen) atoms. The van der Waals surface area contributed by atoms with Gasteiger partial charge in [-0.15, -0.1) is 0 Å². The van der Waals surface area contributed by atoms with Crippen molar-refractivity contribution in [2.24, 2.45) is 17.8 Å². The summed E-state index contributed by atoms with van der Waals surface area (Å²) in [5.41, 5.74) is 0. The summed E-state index contributed by atoms with van der Waals surface area (Å²) in [6.45, 7) is 8.81. The first-order valence-corrected chi connectivity index (χ1v) is 7.65. The molecule has 0 aliphatic carbocycles. The van der Waals surface area contributed by atoms with Crippen molar-refractivity contribution in [3.63, 3.8) is 0 Å². The molecule has 2 heterocycles. The van der Waals surface area contributed by atoms with Gasteiger partial charge in [0, 0.05) is 19.5 Å². The number of carbonyl (C=O) groups excluding carboxylic acids is 1. The Morgan fingerprint density at radius 3 is 2.61 bits per heavy atom. The van der Waals surface area contributed by atoms with Crippen LogP contribution in [0.3, 0.4) is 0 Å². The number of hydrogen-bond acceptors (Lipinski definition) is 2. The predicted molar refractivity (Wildman–Crippen MR) is 74.4 cm³/mol. The molecule has 1 N–H and O–H groups in total. The second-order valence-corrected chi connectivity index (χ2v) is 6.36. The van der Waals surface area contributed by atoms with Gasteiger partial charge in [0.2, 0.25) is 5.91 Å². The lowest BCUT2D eigenvalue weighted by Gasteiger charge is -2.23. The minimum Gasteiger partial charge on any atom is -0.342 e. The Kier molecular flexibility index (Phi) is 5.04. The fourth-order valence-electron chi connectivity index (χ4n) is 3.21. The molecule has 0 aromatic rings. The molecule has 3 nitrogen and oxygen atoms in total. The van der Waals surface area contributed by atoms with Gasteiger partial charge in [0.25, 0.3) is 0 Å². The maximum atomic E-state index is 12.2. The van der Waals surface area contributed by atoms with Crippen molar-refractivity contribution >= 4 is 5.91 Å². The summed E-state index contributed by atoms with van der Waals surface area (Å²) in [6, 6.07) is 0. The Balaban J connectivity index is 1.68. The van der Waals surface area contributed by atoms with Gasteiger partial charge in [-0.2, -0.15) is 0 Å². The summed E-state index contributed by atoms with van der Waals surface area (Å²) < 4.78 is 0. The van der Waals surface area contributed by atoms with Gasteiger partial charge in [-0.1, -0.05) is 13.8 Å². The second kappa shape index (κ2) is 6.55. The molecule has 0 bridgehead atoms. The zero-order valence-electron chi connectivity index (χ0n) is 12.0. The van der Waals surface area contributed by atoms with E-state index in [0.29, 0.717) is 11.8 Å². The molecular weight excluding hydrogens is 224 g/mol. The number of hydrogen-bond donors (Lipinski definition) is 1. The molecule has 1 atom stereocenters. The standard InChI is InChI=1S/C15H28N2O/c1-12(2)14-7-10-17(11-14)15(18)4-3-13-5-8-16-9-6-13/h12-14,16H,3-11H2,1-2H3. The number of carbonyl (C=O) groups is 1. The maximum absolute atomic E-state index is 12.2. The van der Waals surface area contributed by atoms with Crippen LogP contribution in [0.2, 0.25) is 0 Å². The first-order chi connectivity index (χ1) is 8.66. The summed E-state index contributed by atoms with van der Waals surface area (Å²) in [7, 11) is 0. The first kappa shape index (κ1) is 13.9. The lowest BCUT2D eigenvalue weighted by molar-refractivity contribution is -0.130. The van der Waals surface area contributed by atoms with Crippen LogP contribution in [0.5, 0.6) is 0 Å². The number of rotatable bonds is 4. The van der Waals surface area contributed by atoms with Crippen LogP contribution in [0.25, 0.3) is 0 Å². The zero-order valence-corrected chi connectivity index (χ0v) is 12.0. The third kappa shape index (κ3) is 3.71. The van der Waals surface area contributed by atoms with Gasteiger partial charge in [0.15, 0.2) is 0 Å². The van der Waals surface area contributed by atoms with Gasteiger partial charge >= 0.3 is 0 Å². The molecule has 3 heteroatoms. The molecule has 1 amide bonds. The Hall–Kier alpha value is -0.570. The highest BCUT2D eigenvalue weighted by Crippen LogP contribution is 2.25. The fourth-order valence-corrected chi connectivity index (χ4v) is 3.21. The van der Waals surface area contributed by atoms with Gasteiger partial charge in [-0.25, -0.2) is 0 Å². The van der Waals surface area contributed by atoms with E-state index in [1.807, 2.05) is 0 Å². The largest absolute Gasteiger partial charge is 0.342 e. The van der Waals surface area contributed by atoms with Crippen molar-refractivity contribution in [3.8, 4) is 0 Å². The van der Waals surface area contributed by atoms with E-state index in [-0.39, 0.29) is 0 Å². The Labute approximate surface area is 111 Å². The summed E-state index contributed by atoms with van der Waals surface area (Å²) in [6.07, 6.45) is 5.58. The summed E-state index contributed by atoms with van der Waals surface area (Å²) >= 11 is 0. The predicted octanol–water partition coefficient (Wildman–Crippen LogP) is 2.27. The van der Waals surface area contributed by atoms with Crippen LogP contribution in [-0.4, -0.2) is 37.0 Å². The van der Waals surface area contributed by atoms with E-state index in [1.54, 1.807) is 0 Å². The number of amides is 1. The number of nitrogens with zero attached hydrogens (tertiary/aromatic N) is 1. The van der Waals surface area contributed by atoms with Crippen LogP contribution in [-0.2, 0) is 4.79 Å². The molecule has 2 aliphatic heterocycles. The van der Waals surface area contributed by atoms with E-state index >= 15 is 0 Å². The minimum absolute atomic E-state index is 0.400. The Morgan fingerprint density at radius 1 is 1.28 bits per heavy atom. The molecule has 0 aromatic carbocycles. The monoisotopic (exact) mass is 252 g/mol. The van der Waals surface area contributed by atoms with Crippen molar-refractivity contribution < 1.29 is 4.79 Å². The highest BCUT2D eigenvalue weighted by molar-refractivity contribution is 5.76. The SMILES string of the molecule is CC(C)C1CCN(C(=O)CCC2CCNCC2)C1. The van der Waals surface area contributed by atoms with Gasteiger partial charge in [0.1, 0.15) is 0 Å². The van der Waals surface area contributed by atoms with Crippen molar-refractivity contribution in [2.45, 2.75) is 46.0 Å². The average Bonchev–Trinajstić information content (AvgIpc) is 2.87. The van der Waals surface area contributed by atoms with E-state index in [4.69, 9.17) is 0 Å². The van der Waals surface area contributed by atoms with Gasteiger partial charge in [-0.3, -0.25) is 4.79 Å². The van der Waals surface area contributed by atoms with Gasteiger partial charge in [0.05, 0.1) is 0 Å². The normalized spacial score (nSPS) is 25.9. The lowest BCUT2D eigenvalue weighted by atomic mass is 9.93. The van der Waals surface area contributed by atoms with Gasteiger partial charge < -0.3 is 10.2 Å². The lowest BCUT2D eigenvalue weighted by Crippen LogP contribution is -2.31. The highest BCUT2D eigenvalue weighted by atomic mass is 16.2. The molecule has 2 fully saturated rings. The van der Waals surface area contributed by atoms with E-state index in [2.05, 4.69) is 24.1 Å². The van der Waals surface area contributed by atoms with Crippen molar-refractivity contribution in [1.29, 1.82) is 0 Å². The maximum Gasteiger partial charge on any atom is 0.222 e. The number of nitrogens with one attached hydrogen (secondary N) is 1. The van der Waals surface area contributed by atoms with Crippen LogP contribution in [0.15, 0.2) is 0 Å². The number of piperidine rings is 1. The van der Waals surface area contributed by atoms with Crippen LogP contribution in [0.1, 0.15) is 46.0 Å². The quantitative estimate of drug-likeness (QED) is 0.832. The van der Waals surface area contributed by atoms with E-state index in [0.717, 1.165) is 50.9 Å². The molecule has 2 aliphatic rings. The topological polar surface area (TPSA) is 32.3 Å². The Morgan fingerprint density at radius 2 is 2.00 bits per heavy atom. The molecule has 2 rings (SSSR count). The second-order valence-electron chi connectivity index (χ2n) is 6.36. The highest BCUT2D eigenvalue weighted by Gasteiger charge is 2.28. The molecule has 0 aromatic heterocycles. The molecule has 0 radical (unpaired) electrons. The molecule has 0 saturated carbocycles. The third-order valence-electron chi connectivity index (χ3n) is 4.75. The van der Waals surface area contributed by atoms with Crippen molar-refractivity contribution in [2.75, 3.05) is 26.2 Å². The average molecular weight is 252 g/mol. The minimum atomic E-state index is 0.400. The Bertz CT molecular complexity index is 272. The molecule has 2 saturated heterocycles. The molecule has 1 unspecified atom stereocenters. The number of likely N-dealkylation sites (tertiary alicyclic amines) is 1. The van der Waals surface area contributed by atoms with Crippen LogP contribution in [0.4, 0.5) is 0 Å². The van der Waals surface area contributed by atoms with Crippen molar-refractivity contribution in [1.82, 2.24) is 10.2 Å². The van der Waals surface area contributed by atoms with Crippen LogP contribution >= 0.6 is 0 Å².